The number of benzene rings is 2. The van der Waals surface area contributed by atoms with Crippen LogP contribution in [-0.2, 0) is 0 Å². The van der Waals surface area contributed by atoms with Crippen LogP contribution >= 0.6 is 0 Å². The third kappa shape index (κ3) is 5.31. The molecule has 0 bridgehead atoms. The molecule has 1 amide bonds. The maximum atomic E-state index is 12.5. The fourth-order valence-corrected chi connectivity index (χ4v) is 2.82. The smallest absolute Gasteiger partial charge is 0.253 e. The largest absolute Gasteiger partial charge is 0.497 e. The standard InChI is InChI=1S/C23H25N3O3/c1-4-5-14-26(2)23(27)18-8-6-17(7-9-18)21-15-22(25-16-24-21)29-20-12-10-19(28-3)11-13-20/h6-13,15-16H,4-5,14H2,1-3H3. The van der Waals surface area contributed by atoms with Gasteiger partial charge in [-0.1, -0.05) is 25.5 Å². The van der Waals surface area contributed by atoms with Crippen LogP contribution < -0.4 is 9.47 Å². The minimum Gasteiger partial charge on any atom is -0.497 e. The van der Waals surface area contributed by atoms with Crippen molar-refractivity contribution >= 4 is 5.91 Å². The van der Waals surface area contributed by atoms with Gasteiger partial charge < -0.3 is 14.4 Å². The lowest BCUT2D eigenvalue weighted by molar-refractivity contribution is 0.0793. The van der Waals surface area contributed by atoms with E-state index >= 15 is 0 Å². The zero-order valence-electron chi connectivity index (χ0n) is 17.0. The number of methoxy groups -OCH3 is 1. The fourth-order valence-electron chi connectivity index (χ4n) is 2.82. The van der Waals surface area contributed by atoms with Crippen molar-refractivity contribution in [1.29, 1.82) is 0 Å². The molecule has 0 unspecified atom stereocenters. The highest BCUT2D eigenvalue weighted by Crippen LogP contribution is 2.25. The molecule has 0 aliphatic carbocycles. The predicted molar refractivity (Wildman–Crippen MR) is 112 cm³/mol. The van der Waals surface area contributed by atoms with Gasteiger partial charge in [-0.05, 0) is 42.8 Å². The summed E-state index contributed by atoms with van der Waals surface area (Å²) in [5, 5.41) is 0. The SMILES string of the molecule is CCCCN(C)C(=O)c1ccc(-c2cc(Oc3ccc(OC)cc3)ncn2)cc1. The third-order valence-electron chi connectivity index (χ3n) is 4.55. The summed E-state index contributed by atoms with van der Waals surface area (Å²) in [6, 6.07) is 16.5. The number of carbonyl (C=O) groups is 1. The molecule has 29 heavy (non-hydrogen) atoms. The highest BCUT2D eigenvalue weighted by Gasteiger charge is 2.12. The molecule has 0 atom stereocenters. The summed E-state index contributed by atoms with van der Waals surface area (Å²) in [4.78, 5) is 22.7. The first-order chi connectivity index (χ1) is 14.1. The number of unbranched alkanes of at least 4 members (excludes halogenated alkanes) is 1. The van der Waals surface area contributed by atoms with Crippen molar-refractivity contribution in [2.24, 2.45) is 0 Å². The van der Waals surface area contributed by atoms with Gasteiger partial charge in [0.2, 0.25) is 5.88 Å². The molecule has 1 aromatic heterocycles. The van der Waals surface area contributed by atoms with Crippen molar-refractivity contribution in [3.8, 4) is 28.6 Å². The lowest BCUT2D eigenvalue weighted by Gasteiger charge is -2.16. The Morgan fingerprint density at radius 2 is 1.69 bits per heavy atom. The van der Waals surface area contributed by atoms with Crippen molar-refractivity contribution in [3.05, 3.63) is 66.5 Å². The molecule has 6 heteroatoms. The average Bonchev–Trinajstić information content (AvgIpc) is 2.78. The average molecular weight is 391 g/mol. The van der Waals surface area contributed by atoms with E-state index in [4.69, 9.17) is 9.47 Å². The van der Waals surface area contributed by atoms with Gasteiger partial charge in [0.1, 0.15) is 17.8 Å². The van der Waals surface area contributed by atoms with Gasteiger partial charge in [-0.2, -0.15) is 0 Å². The molecule has 3 aromatic rings. The summed E-state index contributed by atoms with van der Waals surface area (Å²) in [7, 11) is 3.45. The number of hydrogen-bond donors (Lipinski definition) is 0. The minimum absolute atomic E-state index is 0.0243. The van der Waals surface area contributed by atoms with Crippen molar-refractivity contribution in [2.75, 3.05) is 20.7 Å². The molecule has 0 saturated heterocycles. The van der Waals surface area contributed by atoms with Gasteiger partial charge in [-0.3, -0.25) is 4.79 Å². The number of hydrogen-bond acceptors (Lipinski definition) is 5. The van der Waals surface area contributed by atoms with Crippen LogP contribution in [0.15, 0.2) is 60.9 Å². The van der Waals surface area contributed by atoms with Crippen LogP contribution in [0.1, 0.15) is 30.1 Å². The third-order valence-corrected chi connectivity index (χ3v) is 4.55. The predicted octanol–water partition coefficient (Wildman–Crippen LogP) is 4.82. The Kier molecular flexibility index (Phi) is 6.79. The highest BCUT2D eigenvalue weighted by atomic mass is 16.5. The van der Waals surface area contributed by atoms with E-state index in [0.29, 0.717) is 17.2 Å². The zero-order valence-corrected chi connectivity index (χ0v) is 17.0. The lowest BCUT2D eigenvalue weighted by Crippen LogP contribution is -2.27. The fraction of sp³-hybridized carbons (Fsp3) is 0.261. The van der Waals surface area contributed by atoms with Crippen molar-refractivity contribution in [2.45, 2.75) is 19.8 Å². The van der Waals surface area contributed by atoms with E-state index in [2.05, 4.69) is 16.9 Å². The Morgan fingerprint density at radius 3 is 2.34 bits per heavy atom. The van der Waals surface area contributed by atoms with Gasteiger partial charge in [0, 0.05) is 30.8 Å². The summed E-state index contributed by atoms with van der Waals surface area (Å²) in [6.45, 7) is 2.87. The summed E-state index contributed by atoms with van der Waals surface area (Å²) >= 11 is 0. The second-order valence-corrected chi connectivity index (χ2v) is 6.68. The molecule has 0 spiro atoms. The summed E-state index contributed by atoms with van der Waals surface area (Å²) in [5.74, 6) is 1.89. The quantitative estimate of drug-likeness (QED) is 0.551. The summed E-state index contributed by atoms with van der Waals surface area (Å²) in [5.41, 5.74) is 2.28. The molecule has 1 heterocycles. The van der Waals surface area contributed by atoms with E-state index in [9.17, 15) is 4.79 Å². The van der Waals surface area contributed by atoms with E-state index in [0.717, 1.165) is 36.4 Å². The zero-order chi connectivity index (χ0) is 20.6. The second kappa shape index (κ2) is 9.68. The first kappa shape index (κ1) is 20.3. The van der Waals surface area contributed by atoms with E-state index in [-0.39, 0.29) is 5.91 Å². The Bertz CT molecular complexity index is 940. The summed E-state index contributed by atoms with van der Waals surface area (Å²) < 4.78 is 11.0. The van der Waals surface area contributed by atoms with Crippen LogP contribution in [-0.4, -0.2) is 41.5 Å². The maximum Gasteiger partial charge on any atom is 0.253 e. The molecule has 0 saturated carbocycles. The van der Waals surface area contributed by atoms with Gasteiger partial charge in [0.05, 0.1) is 12.8 Å². The van der Waals surface area contributed by atoms with E-state index < -0.39 is 0 Å². The second-order valence-electron chi connectivity index (χ2n) is 6.68. The number of aromatic nitrogens is 2. The highest BCUT2D eigenvalue weighted by molar-refractivity contribution is 5.94. The number of nitrogens with zero attached hydrogens (tertiary/aromatic N) is 3. The van der Waals surface area contributed by atoms with Gasteiger partial charge in [-0.15, -0.1) is 0 Å². The molecule has 0 fully saturated rings. The van der Waals surface area contributed by atoms with Crippen LogP contribution in [0.3, 0.4) is 0 Å². The van der Waals surface area contributed by atoms with E-state index in [1.54, 1.807) is 18.1 Å². The molecule has 3 rings (SSSR count). The van der Waals surface area contributed by atoms with Crippen LogP contribution in [0.4, 0.5) is 0 Å². The molecule has 150 valence electrons. The van der Waals surface area contributed by atoms with Crippen molar-refractivity contribution in [1.82, 2.24) is 14.9 Å². The Hall–Kier alpha value is -3.41. The minimum atomic E-state index is 0.0243. The normalized spacial score (nSPS) is 10.4. The maximum absolute atomic E-state index is 12.5. The first-order valence-corrected chi connectivity index (χ1v) is 9.60. The topological polar surface area (TPSA) is 64.6 Å². The molecule has 2 aromatic carbocycles. The first-order valence-electron chi connectivity index (χ1n) is 9.60. The van der Waals surface area contributed by atoms with Crippen molar-refractivity contribution < 1.29 is 14.3 Å². The monoisotopic (exact) mass is 391 g/mol. The molecule has 0 aliphatic rings. The van der Waals surface area contributed by atoms with Crippen LogP contribution in [0.25, 0.3) is 11.3 Å². The number of rotatable bonds is 8. The summed E-state index contributed by atoms with van der Waals surface area (Å²) in [6.07, 6.45) is 3.52. The molecular weight excluding hydrogens is 366 g/mol. The number of amides is 1. The van der Waals surface area contributed by atoms with Gasteiger partial charge in [-0.25, -0.2) is 9.97 Å². The number of carbonyl (C=O) groups excluding carboxylic acids is 1. The molecular formula is C23H25N3O3. The van der Waals surface area contributed by atoms with Gasteiger partial charge >= 0.3 is 0 Å². The molecule has 0 aliphatic heterocycles. The molecule has 0 radical (unpaired) electrons. The Labute approximate surface area is 171 Å². The number of ether oxygens (including phenoxy) is 2. The molecule has 0 N–H and O–H groups in total. The molecule has 6 nitrogen and oxygen atoms in total. The van der Waals surface area contributed by atoms with Gasteiger partial charge in [0.15, 0.2) is 0 Å². The van der Waals surface area contributed by atoms with E-state index in [1.807, 2.05) is 55.6 Å². The Morgan fingerprint density at radius 1 is 1.00 bits per heavy atom. The van der Waals surface area contributed by atoms with Crippen LogP contribution in [0.5, 0.6) is 17.4 Å². The van der Waals surface area contributed by atoms with E-state index in [1.165, 1.54) is 6.33 Å². The van der Waals surface area contributed by atoms with Gasteiger partial charge in [0.25, 0.3) is 5.91 Å². The lowest BCUT2D eigenvalue weighted by atomic mass is 10.1. The van der Waals surface area contributed by atoms with Crippen molar-refractivity contribution in [3.63, 3.8) is 0 Å². The van der Waals surface area contributed by atoms with Crippen LogP contribution in [0.2, 0.25) is 0 Å². The Balaban J connectivity index is 1.72. The van der Waals surface area contributed by atoms with Crippen LogP contribution in [0, 0.1) is 0 Å².